The van der Waals surface area contributed by atoms with Crippen LogP contribution in [0, 0.1) is 12.8 Å². The Morgan fingerprint density at radius 3 is 2.56 bits per heavy atom. The van der Waals surface area contributed by atoms with Gasteiger partial charge in [0.1, 0.15) is 12.4 Å². The fraction of sp³-hybridized carbons (Fsp3) is 0.379. The normalized spacial score (nSPS) is 22.0. The molecule has 2 aromatic carbocycles. The lowest BCUT2D eigenvalue weighted by Crippen LogP contribution is -2.45. The van der Waals surface area contributed by atoms with Gasteiger partial charge in [0.15, 0.2) is 0 Å². The number of carbonyl (C=O) groups is 3. The molecule has 5 rings (SSSR count). The van der Waals surface area contributed by atoms with Crippen LogP contribution in [0.2, 0.25) is 0 Å². The Kier molecular flexibility index (Phi) is 7.85. The lowest BCUT2D eigenvalue weighted by atomic mass is 9.96. The molecule has 9 nitrogen and oxygen atoms in total. The Morgan fingerprint density at radius 2 is 1.85 bits per heavy atom. The molecule has 0 unspecified atom stereocenters. The van der Waals surface area contributed by atoms with Crippen molar-refractivity contribution in [2.24, 2.45) is 5.92 Å². The monoisotopic (exact) mass is 571 g/mol. The second-order valence-electron chi connectivity index (χ2n) is 10.3. The maximum atomic E-state index is 13.1. The summed E-state index contributed by atoms with van der Waals surface area (Å²) in [7, 11) is 0. The minimum absolute atomic E-state index is 0.170. The van der Waals surface area contributed by atoms with E-state index in [4.69, 9.17) is 9.47 Å². The van der Waals surface area contributed by atoms with Gasteiger partial charge >= 0.3 is 12.1 Å². The van der Waals surface area contributed by atoms with E-state index in [1.165, 1.54) is 0 Å². The molecule has 3 aromatic rings. The summed E-state index contributed by atoms with van der Waals surface area (Å²) >= 11 is 0. The molecular weight excluding hydrogens is 543 g/mol. The van der Waals surface area contributed by atoms with Crippen LogP contribution in [0.3, 0.4) is 0 Å². The molecular formula is C29H28F3N3O6. The Hall–Kier alpha value is -4.19. The van der Waals surface area contributed by atoms with Crippen LogP contribution in [0.5, 0.6) is 5.75 Å². The lowest BCUT2D eigenvalue weighted by molar-refractivity contribution is -0.208. The number of fused-ring (bicyclic) bond motifs is 1. The maximum absolute atomic E-state index is 13.1. The number of rotatable bonds is 6. The fourth-order valence-electron chi connectivity index (χ4n) is 5.53. The summed E-state index contributed by atoms with van der Waals surface area (Å²) in [5.74, 6) is -4.37. The number of aryl methyl sites for hydroxylation is 1. The van der Waals surface area contributed by atoms with Gasteiger partial charge in [-0.15, -0.1) is 0 Å². The standard InChI is InChI=1S/C29H28F3N3O6/c1-17-13-19(21-5-2-3-6-23(21)33-17)16-39-20-9-7-18(8-10-20)25(36)34-24-15-28(11-4-12-40-28)14-22(24)26(37)35-41-27(38)29(30,31)32/h2-3,5-10,13,22,24H,4,11-12,14-16H2,1H3,(H,34,36)(H,35,37)/t22-,24+,28+/m0/s1. The van der Waals surface area contributed by atoms with Crippen LogP contribution >= 0.6 is 0 Å². The van der Waals surface area contributed by atoms with Crippen molar-refractivity contribution in [2.75, 3.05) is 6.61 Å². The van der Waals surface area contributed by atoms with Crippen LogP contribution in [0.25, 0.3) is 10.9 Å². The number of amides is 2. The largest absolute Gasteiger partial charge is 0.493 e. The number of carbonyl (C=O) groups excluding carboxylic acids is 3. The van der Waals surface area contributed by atoms with E-state index >= 15 is 0 Å². The van der Waals surface area contributed by atoms with Crippen molar-refractivity contribution >= 4 is 28.7 Å². The highest BCUT2D eigenvalue weighted by Gasteiger charge is 2.51. The quantitative estimate of drug-likeness (QED) is 0.424. The summed E-state index contributed by atoms with van der Waals surface area (Å²) in [6, 6.07) is 15.5. The van der Waals surface area contributed by atoms with Crippen LogP contribution in [0.15, 0.2) is 54.6 Å². The number of hydrogen-bond acceptors (Lipinski definition) is 7. The number of nitrogens with zero attached hydrogens (tertiary/aromatic N) is 1. The third kappa shape index (κ3) is 6.43. The van der Waals surface area contributed by atoms with E-state index in [1.807, 2.05) is 37.3 Å². The third-order valence-electron chi connectivity index (χ3n) is 7.42. The average molecular weight is 572 g/mol. The van der Waals surface area contributed by atoms with Gasteiger partial charge in [-0.1, -0.05) is 18.2 Å². The second-order valence-corrected chi connectivity index (χ2v) is 10.3. The molecule has 2 heterocycles. The van der Waals surface area contributed by atoms with Crippen molar-refractivity contribution in [1.82, 2.24) is 15.8 Å². The molecule has 2 aliphatic rings. The fourth-order valence-corrected chi connectivity index (χ4v) is 5.53. The van der Waals surface area contributed by atoms with Gasteiger partial charge < -0.3 is 19.6 Å². The number of benzene rings is 2. The summed E-state index contributed by atoms with van der Waals surface area (Å²) in [5, 5.41) is 3.80. The third-order valence-corrected chi connectivity index (χ3v) is 7.42. The molecule has 1 aliphatic heterocycles. The number of hydrogen-bond donors (Lipinski definition) is 2. The molecule has 1 saturated heterocycles. The average Bonchev–Trinajstić information content (AvgIpc) is 3.55. The first-order valence-corrected chi connectivity index (χ1v) is 13.1. The zero-order valence-corrected chi connectivity index (χ0v) is 22.1. The van der Waals surface area contributed by atoms with Crippen molar-refractivity contribution < 1.29 is 41.9 Å². The van der Waals surface area contributed by atoms with E-state index in [1.54, 1.807) is 29.7 Å². The number of nitrogens with one attached hydrogen (secondary N) is 2. The zero-order chi connectivity index (χ0) is 29.2. The van der Waals surface area contributed by atoms with Gasteiger partial charge in [0.2, 0.25) is 0 Å². The number of hydroxylamine groups is 1. The summed E-state index contributed by atoms with van der Waals surface area (Å²) in [4.78, 5) is 45.3. The smallest absolute Gasteiger partial charge is 0.489 e. The molecule has 0 bridgehead atoms. The van der Waals surface area contributed by atoms with E-state index in [-0.39, 0.29) is 6.42 Å². The molecule has 0 radical (unpaired) electrons. The predicted molar refractivity (Wildman–Crippen MR) is 139 cm³/mol. The summed E-state index contributed by atoms with van der Waals surface area (Å²) < 4.78 is 49.3. The molecule has 1 saturated carbocycles. The molecule has 1 aromatic heterocycles. The Balaban J connectivity index is 1.23. The minimum atomic E-state index is -5.26. The highest BCUT2D eigenvalue weighted by Crippen LogP contribution is 2.44. The predicted octanol–water partition coefficient (Wildman–Crippen LogP) is 4.32. The van der Waals surface area contributed by atoms with Crippen molar-refractivity contribution in [3.05, 3.63) is 71.4 Å². The topological polar surface area (TPSA) is 116 Å². The molecule has 216 valence electrons. The highest BCUT2D eigenvalue weighted by atomic mass is 19.4. The molecule has 2 fully saturated rings. The van der Waals surface area contributed by atoms with Crippen LogP contribution in [-0.4, -0.2) is 47.2 Å². The van der Waals surface area contributed by atoms with E-state index in [2.05, 4.69) is 15.1 Å². The van der Waals surface area contributed by atoms with Crippen molar-refractivity contribution in [3.8, 4) is 5.75 Å². The SMILES string of the molecule is Cc1cc(COc2ccc(C(=O)N[C@@H]3C[C@@]4(CCCO4)C[C@@H]3C(=O)NOC(=O)C(F)(F)F)cc2)c2ccccc2n1. The van der Waals surface area contributed by atoms with Crippen LogP contribution < -0.4 is 15.5 Å². The van der Waals surface area contributed by atoms with E-state index < -0.39 is 41.5 Å². The lowest BCUT2D eigenvalue weighted by Gasteiger charge is -2.22. The first-order chi connectivity index (χ1) is 19.5. The number of pyridine rings is 1. The van der Waals surface area contributed by atoms with Gasteiger partial charge in [0, 0.05) is 34.9 Å². The van der Waals surface area contributed by atoms with E-state index in [0.29, 0.717) is 37.4 Å². The molecule has 2 amide bonds. The van der Waals surface area contributed by atoms with Crippen LogP contribution in [0.4, 0.5) is 13.2 Å². The molecule has 12 heteroatoms. The maximum Gasteiger partial charge on any atom is 0.493 e. The van der Waals surface area contributed by atoms with Crippen LogP contribution in [0.1, 0.15) is 47.3 Å². The highest BCUT2D eigenvalue weighted by molar-refractivity contribution is 5.95. The van der Waals surface area contributed by atoms with Crippen molar-refractivity contribution in [3.63, 3.8) is 0 Å². The number of para-hydroxylation sites is 1. The molecule has 1 spiro atoms. The first-order valence-electron chi connectivity index (χ1n) is 13.1. The summed E-state index contributed by atoms with van der Waals surface area (Å²) in [5.41, 5.74) is 3.94. The van der Waals surface area contributed by atoms with E-state index in [9.17, 15) is 27.6 Å². The molecule has 41 heavy (non-hydrogen) atoms. The molecule has 2 N–H and O–H groups in total. The number of alkyl halides is 3. The van der Waals surface area contributed by atoms with Gasteiger partial charge in [-0.2, -0.15) is 18.7 Å². The van der Waals surface area contributed by atoms with Crippen molar-refractivity contribution in [2.45, 2.75) is 57.0 Å². The Bertz CT molecular complexity index is 1450. The van der Waals surface area contributed by atoms with E-state index in [0.717, 1.165) is 28.6 Å². The Morgan fingerprint density at radius 1 is 1.10 bits per heavy atom. The van der Waals surface area contributed by atoms with Gasteiger partial charge in [-0.25, -0.2) is 4.79 Å². The van der Waals surface area contributed by atoms with Crippen LogP contribution in [-0.2, 0) is 25.8 Å². The second kappa shape index (κ2) is 11.4. The minimum Gasteiger partial charge on any atom is -0.489 e. The van der Waals surface area contributed by atoms with Gasteiger partial charge in [0.05, 0.1) is 17.0 Å². The van der Waals surface area contributed by atoms with Gasteiger partial charge in [0.25, 0.3) is 11.8 Å². The van der Waals surface area contributed by atoms with Gasteiger partial charge in [-0.05, 0) is 69.0 Å². The van der Waals surface area contributed by atoms with Gasteiger partial charge in [-0.3, -0.25) is 14.6 Å². The zero-order valence-electron chi connectivity index (χ0n) is 22.1. The number of aromatic nitrogens is 1. The number of ether oxygens (including phenoxy) is 2. The molecule has 3 atom stereocenters. The Labute approximate surface area is 233 Å². The first kappa shape index (κ1) is 28.3. The molecule has 1 aliphatic carbocycles. The van der Waals surface area contributed by atoms with Crippen molar-refractivity contribution in [1.29, 1.82) is 0 Å². The summed E-state index contributed by atoms with van der Waals surface area (Å²) in [6.07, 6.45) is -3.39. The summed E-state index contributed by atoms with van der Waals surface area (Å²) in [6.45, 7) is 2.70. The number of halogens is 3.